The number of ether oxygens (including phenoxy) is 2. The molecule has 92 valence electrons. The Labute approximate surface area is 108 Å². The molecule has 0 saturated carbocycles. The first kappa shape index (κ1) is 12.5. The summed E-state index contributed by atoms with van der Waals surface area (Å²) in [6.45, 7) is 0.181. The van der Waals surface area contributed by atoms with Crippen molar-refractivity contribution < 1.29 is 19.4 Å². The highest BCUT2D eigenvalue weighted by molar-refractivity contribution is 6.35. The van der Waals surface area contributed by atoms with Crippen molar-refractivity contribution in [1.82, 2.24) is 0 Å². The van der Waals surface area contributed by atoms with Gasteiger partial charge in [0.1, 0.15) is 5.75 Å². The lowest BCUT2D eigenvalue weighted by molar-refractivity contribution is -0.166. The van der Waals surface area contributed by atoms with E-state index in [0.717, 1.165) is 0 Å². The van der Waals surface area contributed by atoms with Gasteiger partial charge in [0, 0.05) is 17.0 Å². The van der Waals surface area contributed by atoms with E-state index in [-0.39, 0.29) is 29.4 Å². The summed E-state index contributed by atoms with van der Waals surface area (Å²) in [6, 6.07) is 2.95. The van der Waals surface area contributed by atoms with Gasteiger partial charge in [0.05, 0.1) is 18.7 Å². The molecule has 0 fully saturated rings. The lowest BCUT2D eigenvalue weighted by Crippen LogP contribution is -2.41. The number of carbonyl (C=O) groups is 1. The number of esters is 1. The van der Waals surface area contributed by atoms with Gasteiger partial charge >= 0.3 is 5.97 Å². The van der Waals surface area contributed by atoms with E-state index in [1.165, 1.54) is 19.2 Å². The van der Waals surface area contributed by atoms with Crippen LogP contribution in [0.4, 0.5) is 0 Å². The van der Waals surface area contributed by atoms with Crippen LogP contribution in [0.15, 0.2) is 12.1 Å². The molecule has 0 spiro atoms. The minimum atomic E-state index is -1.75. The van der Waals surface area contributed by atoms with E-state index in [1.807, 2.05) is 0 Å². The number of halogens is 2. The lowest BCUT2D eigenvalue weighted by atomic mass is 9.88. The van der Waals surface area contributed by atoms with E-state index in [0.29, 0.717) is 5.02 Å². The molecular formula is C11H10Cl2O4. The molecule has 1 aromatic rings. The van der Waals surface area contributed by atoms with Crippen LogP contribution >= 0.6 is 23.2 Å². The molecule has 1 unspecified atom stereocenters. The van der Waals surface area contributed by atoms with E-state index >= 15 is 0 Å². The van der Waals surface area contributed by atoms with Crippen LogP contribution in [0, 0.1) is 0 Å². The number of hydrogen-bond donors (Lipinski definition) is 1. The fraction of sp³-hybridized carbons (Fsp3) is 0.364. The van der Waals surface area contributed by atoms with Crippen LogP contribution in [0.25, 0.3) is 0 Å². The molecule has 0 bridgehead atoms. The maximum absolute atomic E-state index is 11.7. The van der Waals surface area contributed by atoms with Gasteiger partial charge in [-0.25, -0.2) is 4.79 Å². The van der Waals surface area contributed by atoms with Crippen molar-refractivity contribution in [3.63, 3.8) is 0 Å². The molecule has 0 saturated heterocycles. The van der Waals surface area contributed by atoms with Crippen LogP contribution in [-0.2, 0) is 15.1 Å². The maximum Gasteiger partial charge on any atom is 0.342 e. The van der Waals surface area contributed by atoms with Crippen LogP contribution in [0.1, 0.15) is 12.0 Å². The lowest BCUT2D eigenvalue weighted by Gasteiger charge is -2.32. The van der Waals surface area contributed by atoms with Gasteiger partial charge < -0.3 is 14.6 Å². The molecule has 2 rings (SSSR count). The zero-order valence-electron chi connectivity index (χ0n) is 9.00. The number of hydrogen-bond acceptors (Lipinski definition) is 4. The number of aliphatic hydroxyl groups is 1. The van der Waals surface area contributed by atoms with Crippen molar-refractivity contribution >= 4 is 29.2 Å². The maximum atomic E-state index is 11.7. The summed E-state index contributed by atoms with van der Waals surface area (Å²) < 4.78 is 9.94. The Hall–Kier alpha value is -0.970. The van der Waals surface area contributed by atoms with Crippen molar-refractivity contribution in [2.24, 2.45) is 0 Å². The quantitative estimate of drug-likeness (QED) is 0.799. The average Bonchev–Trinajstić information content (AvgIpc) is 2.29. The highest BCUT2D eigenvalue weighted by Gasteiger charge is 2.44. The van der Waals surface area contributed by atoms with Gasteiger partial charge in [-0.3, -0.25) is 0 Å². The predicted octanol–water partition coefficient (Wildman–Crippen LogP) is 2.14. The second-order valence-electron chi connectivity index (χ2n) is 3.71. The van der Waals surface area contributed by atoms with Crippen molar-refractivity contribution in [3.05, 3.63) is 27.7 Å². The monoisotopic (exact) mass is 276 g/mol. The third kappa shape index (κ3) is 1.97. The topological polar surface area (TPSA) is 55.8 Å². The third-order valence-electron chi connectivity index (χ3n) is 2.69. The Morgan fingerprint density at radius 2 is 2.24 bits per heavy atom. The highest BCUT2D eigenvalue weighted by atomic mass is 35.5. The largest absolute Gasteiger partial charge is 0.491 e. The number of fused-ring (bicyclic) bond motifs is 1. The Bertz CT molecular complexity index is 475. The second kappa shape index (κ2) is 4.37. The molecule has 4 nitrogen and oxygen atoms in total. The first-order valence-corrected chi connectivity index (χ1v) is 5.68. The molecule has 0 radical (unpaired) electrons. The molecular weight excluding hydrogens is 267 g/mol. The van der Waals surface area contributed by atoms with E-state index < -0.39 is 11.6 Å². The third-order valence-corrected chi connectivity index (χ3v) is 3.19. The molecule has 1 aromatic carbocycles. The molecule has 1 atom stereocenters. The molecule has 1 aliphatic rings. The van der Waals surface area contributed by atoms with Gasteiger partial charge in [0.25, 0.3) is 0 Å². The molecule has 0 aromatic heterocycles. The first-order chi connectivity index (χ1) is 7.99. The minimum absolute atomic E-state index is 0.101. The van der Waals surface area contributed by atoms with Gasteiger partial charge in [-0.1, -0.05) is 23.2 Å². The van der Waals surface area contributed by atoms with E-state index in [9.17, 15) is 9.90 Å². The molecule has 17 heavy (non-hydrogen) atoms. The summed E-state index contributed by atoms with van der Waals surface area (Å²) in [6.07, 6.45) is 0.101. The molecule has 1 aliphatic heterocycles. The van der Waals surface area contributed by atoms with Crippen molar-refractivity contribution in [2.45, 2.75) is 12.0 Å². The summed E-state index contributed by atoms with van der Waals surface area (Å²) >= 11 is 11.8. The molecule has 6 heteroatoms. The van der Waals surface area contributed by atoms with Crippen LogP contribution in [0.3, 0.4) is 0 Å². The van der Waals surface area contributed by atoms with Crippen molar-refractivity contribution in [2.75, 3.05) is 13.7 Å². The van der Waals surface area contributed by atoms with Crippen LogP contribution in [0.5, 0.6) is 5.75 Å². The Morgan fingerprint density at radius 1 is 1.53 bits per heavy atom. The van der Waals surface area contributed by atoms with Crippen molar-refractivity contribution in [3.8, 4) is 5.75 Å². The zero-order chi connectivity index (χ0) is 12.6. The van der Waals surface area contributed by atoms with E-state index in [1.54, 1.807) is 0 Å². The standard InChI is InChI=1S/C11H10Cl2O4/c1-16-10(14)11(15)2-3-17-9-7(11)4-6(12)5-8(9)13/h4-5,15H,2-3H2,1H3. The summed E-state index contributed by atoms with van der Waals surface area (Å²) in [5, 5.41) is 10.9. The number of methoxy groups -OCH3 is 1. The summed E-state index contributed by atoms with van der Waals surface area (Å²) in [5.74, 6) is -0.476. The summed E-state index contributed by atoms with van der Waals surface area (Å²) in [4.78, 5) is 11.7. The Morgan fingerprint density at radius 3 is 2.88 bits per heavy atom. The van der Waals surface area contributed by atoms with Gasteiger partial charge in [-0.2, -0.15) is 0 Å². The Balaban J connectivity index is 2.61. The molecule has 0 amide bonds. The van der Waals surface area contributed by atoms with Crippen LogP contribution < -0.4 is 4.74 Å². The first-order valence-electron chi connectivity index (χ1n) is 4.92. The van der Waals surface area contributed by atoms with Crippen molar-refractivity contribution in [1.29, 1.82) is 0 Å². The van der Waals surface area contributed by atoms with Gasteiger partial charge in [0.15, 0.2) is 5.60 Å². The van der Waals surface area contributed by atoms with Crippen LogP contribution in [-0.4, -0.2) is 24.8 Å². The highest BCUT2D eigenvalue weighted by Crippen LogP contribution is 2.43. The fourth-order valence-corrected chi connectivity index (χ4v) is 2.38. The smallest absolute Gasteiger partial charge is 0.342 e. The van der Waals surface area contributed by atoms with E-state index in [4.69, 9.17) is 27.9 Å². The summed E-state index contributed by atoms with van der Waals surface area (Å²) in [7, 11) is 1.21. The fourth-order valence-electron chi connectivity index (χ4n) is 1.83. The number of carbonyl (C=O) groups excluding carboxylic acids is 1. The van der Waals surface area contributed by atoms with E-state index in [2.05, 4.69) is 4.74 Å². The molecule has 1 N–H and O–H groups in total. The number of rotatable bonds is 1. The normalized spacial score (nSPS) is 22.6. The summed E-state index contributed by atoms with van der Waals surface area (Å²) in [5.41, 5.74) is -1.51. The average molecular weight is 277 g/mol. The molecule has 1 heterocycles. The zero-order valence-corrected chi connectivity index (χ0v) is 10.5. The Kier molecular flexibility index (Phi) is 3.21. The van der Waals surface area contributed by atoms with Gasteiger partial charge in [-0.15, -0.1) is 0 Å². The van der Waals surface area contributed by atoms with Gasteiger partial charge in [0.2, 0.25) is 0 Å². The number of benzene rings is 1. The minimum Gasteiger partial charge on any atom is -0.491 e. The SMILES string of the molecule is COC(=O)C1(O)CCOc2c(Cl)cc(Cl)cc21. The molecule has 0 aliphatic carbocycles. The van der Waals surface area contributed by atoms with Gasteiger partial charge in [-0.05, 0) is 12.1 Å². The second-order valence-corrected chi connectivity index (χ2v) is 4.56. The van der Waals surface area contributed by atoms with Crippen LogP contribution in [0.2, 0.25) is 10.0 Å². The predicted molar refractivity (Wildman–Crippen MR) is 62.5 cm³/mol.